The zero-order valence-corrected chi connectivity index (χ0v) is 12.7. The van der Waals surface area contributed by atoms with Gasteiger partial charge in [0.15, 0.2) is 16.8 Å². The third-order valence-corrected chi connectivity index (χ3v) is 3.97. The van der Waals surface area contributed by atoms with E-state index in [1.807, 2.05) is 42.5 Å². The van der Waals surface area contributed by atoms with Crippen molar-refractivity contribution in [1.29, 1.82) is 0 Å². The molecule has 0 amide bonds. The lowest BCUT2D eigenvalue weighted by atomic mass is 10.1. The molecule has 1 atom stereocenters. The van der Waals surface area contributed by atoms with Gasteiger partial charge in [-0.2, -0.15) is 0 Å². The molecule has 23 heavy (non-hydrogen) atoms. The summed E-state index contributed by atoms with van der Waals surface area (Å²) < 4.78 is 17.0. The second-order valence-electron chi connectivity index (χ2n) is 5.65. The number of rotatable bonds is 4. The molecule has 2 heterocycles. The van der Waals surface area contributed by atoms with E-state index in [9.17, 15) is 4.79 Å². The van der Waals surface area contributed by atoms with E-state index < -0.39 is 0 Å². The van der Waals surface area contributed by atoms with Crippen LogP contribution in [-0.4, -0.2) is 19.3 Å². The van der Waals surface area contributed by atoms with Gasteiger partial charge in [0.2, 0.25) is 0 Å². The van der Waals surface area contributed by atoms with Gasteiger partial charge in [-0.3, -0.25) is 4.79 Å². The Morgan fingerprint density at radius 3 is 2.65 bits per heavy atom. The lowest BCUT2D eigenvalue weighted by molar-refractivity contribution is 0.263. The van der Waals surface area contributed by atoms with Crippen LogP contribution in [0.25, 0.3) is 22.3 Å². The van der Waals surface area contributed by atoms with Gasteiger partial charge >= 0.3 is 0 Å². The van der Waals surface area contributed by atoms with Gasteiger partial charge < -0.3 is 13.9 Å². The van der Waals surface area contributed by atoms with Crippen molar-refractivity contribution in [3.63, 3.8) is 0 Å². The maximum Gasteiger partial charge on any atom is 0.196 e. The van der Waals surface area contributed by atoms with Gasteiger partial charge in [0, 0.05) is 11.1 Å². The summed E-state index contributed by atoms with van der Waals surface area (Å²) in [7, 11) is 0. The predicted octanol–water partition coefficient (Wildman–Crippen LogP) is 3.55. The van der Waals surface area contributed by atoms with Crippen molar-refractivity contribution < 1.29 is 13.9 Å². The van der Waals surface area contributed by atoms with E-state index in [0.717, 1.165) is 12.2 Å². The molecule has 0 spiro atoms. The molecule has 2 aromatic carbocycles. The Hall–Kier alpha value is -2.59. The van der Waals surface area contributed by atoms with Crippen LogP contribution in [0.3, 0.4) is 0 Å². The minimum absolute atomic E-state index is 0.0294. The quantitative estimate of drug-likeness (QED) is 0.692. The van der Waals surface area contributed by atoms with Crippen LogP contribution in [0.2, 0.25) is 0 Å². The largest absolute Gasteiger partial charge is 0.487 e. The Bertz CT molecular complexity index is 908. The predicted molar refractivity (Wildman–Crippen MR) is 87.9 cm³/mol. The van der Waals surface area contributed by atoms with Crippen LogP contribution in [0.5, 0.6) is 5.75 Å². The van der Waals surface area contributed by atoms with Crippen molar-refractivity contribution in [3.8, 4) is 17.1 Å². The maximum absolute atomic E-state index is 12.7. The molecule has 1 fully saturated rings. The minimum Gasteiger partial charge on any atom is -0.487 e. The first-order valence-electron chi connectivity index (χ1n) is 7.60. The van der Waals surface area contributed by atoms with E-state index in [1.54, 1.807) is 13.0 Å². The first kappa shape index (κ1) is 14.0. The molecule has 3 aromatic rings. The zero-order chi connectivity index (χ0) is 15.8. The fraction of sp³-hybridized carbons (Fsp3) is 0.211. The highest BCUT2D eigenvalue weighted by Crippen LogP contribution is 2.31. The molecule has 4 rings (SSSR count). The highest BCUT2D eigenvalue weighted by molar-refractivity contribution is 5.85. The Morgan fingerprint density at radius 1 is 1.13 bits per heavy atom. The number of epoxide rings is 1. The average Bonchev–Trinajstić information content (AvgIpc) is 3.41. The van der Waals surface area contributed by atoms with Gasteiger partial charge in [-0.25, -0.2) is 0 Å². The van der Waals surface area contributed by atoms with Crippen molar-refractivity contribution in [3.05, 3.63) is 64.3 Å². The Kier molecular flexibility index (Phi) is 3.39. The van der Waals surface area contributed by atoms with Gasteiger partial charge in [0.25, 0.3) is 0 Å². The van der Waals surface area contributed by atoms with Crippen LogP contribution in [-0.2, 0) is 4.74 Å². The number of hydrogen-bond acceptors (Lipinski definition) is 4. The van der Waals surface area contributed by atoms with Gasteiger partial charge in [-0.1, -0.05) is 36.4 Å². The molecule has 0 bridgehead atoms. The topological polar surface area (TPSA) is 52.0 Å². The Morgan fingerprint density at radius 2 is 1.91 bits per heavy atom. The van der Waals surface area contributed by atoms with Crippen LogP contribution in [0.15, 0.2) is 57.7 Å². The molecule has 0 saturated carbocycles. The third-order valence-electron chi connectivity index (χ3n) is 3.97. The van der Waals surface area contributed by atoms with Crippen LogP contribution in [0, 0.1) is 6.92 Å². The number of hydrogen-bond donors (Lipinski definition) is 0. The first-order valence-corrected chi connectivity index (χ1v) is 7.60. The fourth-order valence-electron chi connectivity index (χ4n) is 2.61. The molecule has 1 aliphatic rings. The molecule has 0 aliphatic carbocycles. The summed E-state index contributed by atoms with van der Waals surface area (Å²) in [5.74, 6) is 1.16. The summed E-state index contributed by atoms with van der Waals surface area (Å²) in [6.07, 6.45) is 0.149. The monoisotopic (exact) mass is 308 g/mol. The van der Waals surface area contributed by atoms with Crippen LogP contribution in [0.4, 0.5) is 0 Å². The summed E-state index contributed by atoms with van der Waals surface area (Å²) in [6.45, 7) is 2.99. The van der Waals surface area contributed by atoms with Gasteiger partial charge in [-0.05, 0) is 19.1 Å². The van der Waals surface area contributed by atoms with E-state index in [-0.39, 0.29) is 11.5 Å². The smallest absolute Gasteiger partial charge is 0.196 e. The van der Waals surface area contributed by atoms with Crippen LogP contribution in [0.1, 0.15) is 5.56 Å². The zero-order valence-electron chi connectivity index (χ0n) is 12.7. The average molecular weight is 308 g/mol. The maximum atomic E-state index is 12.7. The van der Waals surface area contributed by atoms with Gasteiger partial charge in [-0.15, -0.1) is 0 Å². The summed E-state index contributed by atoms with van der Waals surface area (Å²) in [4.78, 5) is 12.7. The number of para-hydroxylation sites is 1. The third kappa shape index (κ3) is 2.62. The number of benzene rings is 2. The second-order valence-corrected chi connectivity index (χ2v) is 5.65. The standard InChI is InChI=1S/C19H16O4/c1-12-17(20)15-8-5-9-16(22-11-14-10-21-14)19(15)23-18(12)13-6-3-2-4-7-13/h2-9,14H,10-11H2,1H3. The SMILES string of the molecule is Cc1c(-c2ccccc2)oc2c(OCC3CO3)cccc2c1=O. The second kappa shape index (κ2) is 5.56. The molecule has 0 N–H and O–H groups in total. The highest BCUT2D eigenvalue weighted by atomic mass is 16.6. The molecule has 0 radical (unpaired) electrons. The van der Waals surface area contributed by atoms with Crippen molar-refractivity contribution in [1.82, 2.24) is 0 Å². The van der Waals surface area contributed by atoms with Crippen LogP contribution < -0.4 is 10.2 Å². The number of ether oxygens (including phenoxy) is 2. The molecule has 1 unspecified atom stereocenters. The fourth-order valence-corrected chi connectivity index (χ4v) is 2.61. The van der Waals surface area contributed by atoms with Crippen LogP contribution >= 0.6 is 0 Å². The molecule has 4 nitrogen and oxygen atoms in total. The Balaban J connectivity index is 1.89. The molecule has 116 valence electrons. The lowest BCUT2D eigenvalue weighted by Crippen LogP contribution is -2.09. The normalized spacial score (nSPS) is 16.5. The highest BCUT2D eigenvalue weighted by Gasteiger charge is 2.24. The molecule has 1 saturated heterocycles. The Labute approximate surface area is 133 Å². The van der Waals surface area contributed by atoms with E-state index in [0.29, 0.717) is 34.6 Å². The summed E-state index contributed by atoms with van der Waals surface area (Å²) in [6, 6.07) is 15.0. The van der Waals surface area contributed by atoms with Gasteiger partial charge in [0.05, 0.1) is 12.0 Å². The van der Waals surface area contributed by atoms with Crippen molar-refractivity contribution >= 4 is 11.0 Å². The first-order chi connectivity index (χ1) is 11.2. The van der Waals surface area contributed by atoms with E-state index in [4.69, 9.17) is 13.9 Å². The lowest BCUT2D eigenvalue weighted by Gasteiger charge is -2.11. The summed E-state index contributed by atoms with van der Waals surface area (Å²) >= 11 is 0. The van der Waals surface area contributed by atoms with E-state index in [2.05, 4.69) is 0 Å². The van der Waals surface area contributed by atoms with Gasteiger partial charge in [0.1, 0.15) is 18.5 Å². The van der Waals surface area contributed by atoms with Crippen molar-refractivity contribution in [2.75, 3.05) is 13.2 Å². The summed E-state index contributed by atoms with van der Waals surface area (Å²) in [5.41, 5.74) is 1.94. The molecular formula is C19H16O4. The molecular weight excluding hydrogens is 292 g/mol. The molecule has 1 aromatic heterocycles. The minimum atomic E-state index is -0.0294. The number of fused-ring (bicyclic) bond motifs is 1. The van der Waals surface area contributed by atoms with Crippen molar-refractivity contribution in [2.24, 2.45) is 0 Å². The molecule has 1 aliphatic heterocycles. The molecule has 4 heteroatoms. The summed E-state index contributed by atoms with van der Waals surface area (Å²) in [5, 5.41) is 0.538. The van der Waals surface area contributed by atoms with E-state index >= 15 is 0 Å². The van der Waals surface area contributed by atoms with Crippen molar-refractivity contribution in [2.45, 2.75) is 13.0 Å². The van der Waals surface area contributed by atoms with E-state index in [1.165, 1.54) is 0 Å².